The summed E-state index contributed by atoms with van der Waals surface area (Å²) in [6.07, 6.45) is 1.61. The smallest absolute Gasteiger partial charge is 0.429 e. The van der Waals surface area contributed by atoms with E-state index < -0.39 is 0 Å². The molecule has 0 unspecified atom stereocenters. The lowest BCUT2D eigenvalue weighted by molar-refractivity contribution is 0.0547. The topological polar surface area (TPSA) is 42.0 Å². The van der Waals surface area contributed by atoms with Crippen molar-refractivity contribution in [3.63, 3.8) is 0 Å². The molecule has 2 heterocycles. The highest BCUT2D eigenvalue weighted by atomic mass is 32.1. The van der Waals surface area contributed by atoms with Crippen LogP contribution >= 0.6 is 11.3 Å². The van der Waals surface area contributed by atoms with E-state index in [0.29, 0.717) is 6.61 Å². The Labute approximate surface area is 151 Å². The standard InChI is InChI=1S/C19H20N2O3S/c1-3-23-19(22)21-17-13(11-20(21)2)9-10-14-12-25-18(16(14)17)24-15-7-5-4-6-8-15/h4-8,12H,3,9-11H2,1-2H3. The summed E-state index contributed by atoms with van der Waals surface area (Å²) >= 11 is 1.58. The third-order valence-corrected chi connectivity index (χ3v) is 5.37. The third-order valence-electron chi connectivity index (χ3n) is 4.47. The van der Waals surface area contributed by atoms with E-state index in [2.05, 4.69) is 5.38 Å². The number of carbonyl (C=O) groups excluding carboxylic acids is 1. The summed E-state index contributed by atoms with van der Waals surface area (Å²) in [5, 5.41) is 6.54. The van der Waals surface area contributed by atoms with Crippen LogP contribution in [0.2, 0.25) is 0 Å². The van der Waals surface area contributed by atoms with Crippen LogP contribution in [0.5, 0.6) is 10.8 Å². The molecule has 0 saturated heterocycles. The zero-order valence-corrected chi connectivity index (χ0v) is 15.1. The number of para-hydroxylation sites is 1. The quantitative estimate of drug-likeness (QED) is 0.811. The molecule has 0 atom stereocenters. The van der Waals surface area contributed by atoms with Crippen LogP contribution < -0.4 is 4.74 Å². The molecule has 0 saturated carbocycles. The molecule has 1 aliphatic carbocycles. The first-order valence-corrected chi connectivity index (χ1v) is 9.30. The average Bonchev–Trinajstić information content (AvgIpc) is 3.16. The number of hydrogen-bond acceptors (Lipinski definition) is 5. The van der Waals surface area contributed by atoms with Crippen LogP contribution in [-0.2, 0) is 11.2 Å². The number of fused-ring (bicyclic) bond motifs is 2. The van der Waals surface area contributed by atoms with Crippen molar-refractivity contribution in [3.05, 3.63) is 52.4 Å². The molecular weight excluding hydrogens is 336 g/mol. The minimum absolute atomic E-state index is 0.334. The van der Waals surface area contributed by atoms with Crippen LogP contribution in [-0.4, -0.2) is 36.3 Å². The van der Waals surface area contributed by atoms with Gasteiger partial charge in [-0.3, -0.25) is 0 Å². The molecule has 1 amide bonds. The highest BCUT2D eigenvalue weighted by Crippen LogP contribution is 2.47. The maximum atomic E-state index is 12.5. The van der Waals surface area contributed by atoms with E-state index in [0.717, 1.165) is 41.5 Å². The van der Waals surface area contributed by atoms with Gasteiger partial charge in [0, 0.05) is 13.6 Å². The van der Waals surface area contributed by atoms with Crippen molar-refractivity contribution in [2.75, 3.05) is 20.2 Å². The largest absolute Gasteiger partial charge is 0.448 e. The fraction of sp³-hybridized carbons (Fsp3) is 0.316. The van der Waals surface area contributed by atoms with Gasteiger partial charge >= 0.3 is 6.09 Å². The Morgan fingerprint density at radius 1 is 1.24 bits per heavy atom. The fourth-order valence-corrected chi connectivity index (χ4v) is 4.38. The lowest BCUT2D eigenvalue weighted by Gasteiger charge is -2.27. The van der Waals surface area contributed by atoms with Gasteiger partial charge in [-0.05, 0) is 48.4 Å². The minimum Gasteiger partial charge on any atom is -0.448 e. The van der Waals surface area contributed by atoms with Gasteiger partial charge in [-0.15, -0.1) is 11.3 Å². The van der Waals surface area contributed by atoms with E-state index in [1.54, 1.807) is 16.3 Å². The molecule has 5 nitrogen and oxygen atoms in total. The molecule has 1 aromatic heterocycles. The van der Waals surface area contributed by atoms with Gasteiger partial charge in [0.05, 0.1) is 17.9 Å². The predicted octanol–water partition coefficient (Wildman–Crippen LogP) is 4.52. The minimum atomic E-state index is -0.334. The lowest BCUT2D eigenvalue weighted by atomic mass is 9.93. The average molecular weight is 356 g/mol. The SMILES string of the molecule is CCOC(=O)N1C2=C(CCc3csc(Oc4ccccc4)c32)CN1C. The molecule has 130 valence electrons. The lowest BCUT2D eigenvalue weighted by Crippen LogP contribution is -2.39. The van der Waals surface area contributed by atoms with Crippen molar-refractivity contribution in [1.82, 2.24) is 10.0 Å². The number of carbonyl (C=O) groups is 1. The van der Waals surface area contributed by atoms with E-state index in [4.69, 9.17) is 9.47 Å². The third kappa shape index (κ3) is 2.81. The Kier molecular flexibility index (Phi) is 4.23. The number of hydrazine groups is 1. The van der Waals surface area contributed by atoms with Crippen LogP contribution in [0.25, 0.3) is 5.70 Å². The summed E-state index contributed by atoms with van der Waals surface area (Å²) in [6.45, 7) is 2.92. The van der Waals surface area contributed by atoms with Gasteiger partial charge in [-0.2, -0.15) is 0 Å². The zero-order chi connectivity index (χ0) is 17.4. The molecule has 0 fully saturated rings. The van der Waals surface area contributed by atoms with E-state index >= 15 is 0 Å². The Morgan fingerprint density at radius 3 is 2.80 bits per heavy atom. The predicted molar refractivity (Wildman–Crippen MR) is 97.6 cm³/mol. The highest BCUT2D eigenvalue weighted by Gasteiger charge is 2.39. The van der Waals surface area contributed by atoms with Gasteiger partial charge in [-0.25, -0.2) is 14.8 Å². The number of aryl methyl sites for hydroxylation is 1. The first-order valence-electron chi connectivity index (χ1n) is 8.42. The molecule has 0 radical (unpaired) electrons. The number of hydrogen-bond donors (Lipinski definition) is 0. The fourth-order valence-electron chi connectivity index (χ4n) is 3.40. The second-order valence-corrected chi connectivity index (χ2v) is 6.96. The van der Waals surface area contributed by atoms with Gasteiger partial charge in [0.1, 0.15) is 5.75 Å². The van der Waals surface area contributed by atoms with Gasteiger partial charge in [0.2, 0.25) is 0 Å². The van der Waals surface area contributed by atoms with Crippen molar-refractivity contribution < 1.29 is 14.3 Å². The van der Waals surface area contributed by atoms with Crippen LogP contribution in [0.3, 0.4) is 0 Å². The maximum Gasteiger partial charge on any atom is 0.429 e. The van der Waals surface area contributed by atoms with Crippen LogP contribution in [0.4, 0.5) is 4.79 Å². The Morgan fingerprint density at radius 2 is 2.04 bits per heavy atom. The van der Waals surface area contributed by atoms with Crippen LogP contribution in [0.15, 0.2) is 41.3 Å². The second kappa shape index (κ2) is 6.54. The number of likely N-dealkylation sites (N-methyl/N-ethyl adjacent to an activating group) is 1. The normalized spacial score (nSPS) is 16.6. The second-order valence-electron chi connectivity index (χ2n) is 6.12. The highest BCUT2D eigenvalue weighted by molar-refractivity contribution is 7.12. The summed E-state index contributed by atoms with van der Waals surface area (Å²) in [4.78, 5) is 12.5. The van der Waals surface area contributed by atoms with Gasteiger partial charge in [0.25, 0.3) is 0 Å². The molecule has 1 aliphatic heterocycles. The number of nitrogens with zero attached hydrogens (tertiary/aromatic N) is 2. The molecule has 2 aliphatic rings. The van der Waals surface area contributed by atoms with Gasteiger partial charge < -0.3 is 9.47 Å². The molecule has 0 N–H and O–H groups in total. The summed E-state index contributed by atoms with van der Waals surface area (Å²) in [6, 6.07) is 9.75. The molecule has 0 spiro atoms. The van der Waals surface area contributed by atoms with E-state index in [-0.39, 0.29) is 6.09 Å². The number of benzene rings is 1. The monoisotopic (exact) mass is 356 g/mol. The summed E-state index contributed by atoms with van der Waals surface area (Å²) in [7, 11) is 1.92. The number of thiophene rings is 1. The van der Waals surface area contributed by atoms with Gasteiger partial charge in [0.15, 0.2) is 5.06 Å². The molecule has 1 aromatic carbocycles. The van der Waals surface area contributed by atoms with Gasteiger partial charge in [-0.1, -0.05) is 18.2 Å². The van der Waals surface area contributed by atoms with Crippen molar-refractivity contribution in [2.24, 2.45) is 0 Å². The Bertz CT molecular complexity index is 828. The summed E-state index contributed by atoms with van der Waals surface area (Å²) < 4.78 is 11.4. The first-order chi connectivity index (χ1) is 12.2. The molecular formula is C19H20N2O3S. The molecule has 4 rings (SSSR count). The number of amides is 1. The van der Waals surface area contributed by atoms with Crippen molar-refractivity contribution in [1.29, 1.82) is 0 Å². The van der Waals surface area contributed by atoms with Crippen molar-refractivity contribution in [3.8, 4) is 10.8 Å². The Balaban J connectivity index is 1.74. The first kappa shape index (κ1) is 16.2. The van der Waals surface area contributed by atoms with Crippen LogP contribution in [0, 0.1) is 0 Å². The van der Waals surface area contributed by atoms with E-state index in [1.165, 1.54) is 11.1 Å². The van der Waals surface area contributed by atoms with E-state index in [9.17, 15) is 4.79 Å². The molecule has 2 aromatic rings. The molecule has 6 heteroatoms. The van der Waals surface area contributed by atoms with Crippen molar-refractivity contribution >= 4 is 23.1 Å². The molecule has 25 heavy (non-hydrogen) atoms. The Hall–Kier alpha value is -2.31. The van der Waals surface area contributed by atoms with E-state index in [1.807, 2.05) is 49.3 Å². The zero-order valence-electron chi connectivity index (χ0n) is 14.3. The number of rotatable bonds is 3. The summed E-state index contributed by atoms with van der Waals surface area (Å²) in [5.41, 5.74) is 4.47. The van der Waals surface area contributed by atoms with Crippen LogP contribution in [0.1, 0.15) is 24.5 Å². The summed E-state index contributed by atoms with van der Waals surface area (Å²) in [5.74, 6) is 0.800. The van der Waals surface area contributed by atoms with Crippen molar-refractivity contribution in [2.45, 2.75) is 19.8 Å². The maximum absolute atomic E-state index is 12.5. The number of ether oxygens (including phenoxy) is 2. The molecule has 0 bridgehead atoms.